The SMILES string of the molecule is Cc1ccc2nc(-c3cccc(C(F)(F)F)c3)cn2c1. The Hall–Kier alpha value is -2.30. The van der Waals surface area contributed by atoms with Gasteiger partial charge in [0.25, 0.3) is 0 Å². The molecule has 0 saturated carbocycles. The minimum absolute atomic E-state index is 0.459. The molecule has 0 fully saturated rings. The van der Waals surface area contributed by atoms with Gasteiger partial charge in [-0.25, -0.2) is 4.98 Å². The fraction of sp³-hybridized carbons (Fsp3) is 0.133. The Labute approximate surface area is 113 Å². The van der Waals surface area contributed by atoms with E-state index in [0.29, 0.717) is 16.9 Å². The molecule has 2 aromatic heterocycles. The van der Waals surface area contributed by atoms with Gasteiger partial charge in [-0.1, -0.05) is 18.2 Å². The zero-order chi connectivity index (χ0) is 14.3. The van der Waals surface area contributed by atoms with Gasteiger partial charge >= 0.3 is 6.18 Å². The lowest BCUT2D eigenvalue weighted by Gasteiger charge is -2.07. The van der Waals surface area contributed by atoms with Crippen molar-refractivity contribution in [2.75, 3.05) is 0 Å². The van der Waals surface area contributed by atoms with Crippen LogP contribution in [-0.4, -0.2) is 9.38 Å². The topological polar surface area (TPSA) is 17.3 Å². The molecular formula is C15H11F3N2. The summed E-state index contributed by atoms with van der Waals surface area (Å²) in [7, 11) is 0. The molecule has 0 bridgehead atoms. The van der Waals surface area contributed by atoms with Gasteiger partial charge in [-0.15, -0.1) is 0 Å². The molecule has 0 aliphatic rings. The third-order valence-corrected chi connectivity index (χ3v) is 3.08. The molecule has 5 heteroatoms. The second-order valence-electron chi connectivity index (χ2n) is 4.68. The van der Waals surface area contributed by atoms with E-state index in [4.69, 9.17) is 0 Å². The highest BCUT2D eigenvalue weighted by Crippen LogP contribution is 2.31. The van der Waals surface area contributed by atoms with Gasteiger partial charge < -0.3 is 4.40 Å². The third-order valence-electron chi connectivity index (χ3n) is 3.08. The van der Waals surface area contributed by atoms with Crippen LogP contribution < -0.4 is 0 Å². The van der Waals surface area contributed by atoms with Gasteiger partial charge in [0.05, 0.1) is 11.3 Å². The van der Waals surface area contributed by atoms with Gasteiger partial charge in [-0.2, -0.15) is 13.2 Å². The Morgan fingerprint density at radius 1 is 1.05 bits per heavy atom. The minimum atomic E-state index is -4.34. The second-order valence-corrected chi connectivity index (χ2v) is 4.68. The first-order valence-electron chi connectivity index (χ1n) is 6.06. The van der Waals surface area contributed by atoms with E-state index in [0.717, 1.165) is 17.7 Å². The molecule has 20 heavy (non-hydrogen) atoms. The van der Waals surface area contributed by atoms with Crippen LogP contribution in [0.4, 0.5) is 13.2 Å². The summed E-state index contributed by atoms with van der Waals surface area (Å²) in [6, 6.07) is 8.96. The second kappa shape index (κ2) is 4.37. The number of nitrogens with zero attached hydrogens (tertiary/aromatic N) is 2. The fourth-order valence-corrected chi connectivity index (χ4v) is 2.10. The summed E-state index contributed by atoms with van der Waals surface area (Å²) in [5.41, 5.74) is 2.10. The van der Waals surface area contributed by atoms with Gasteiger partial charge in [0, 0.05) is 18.0 Å². The molecule has 0 unspecified atom stereocenters. The summed E-state index contributed by atoms with van der Waals surface area (Å²) in [6.45, 7) is 1.95. The number of aryl methyl sites for hydroxylation is 1. The van der Waals surface area contributed by atoms with Crippen molar-refractivity contribution >= 4 is 5.65 Å². The molecule has 0 aliphatic carbocycles. The molecule has 0 atom stereocenters. The van der Waals surface area contributed by atoms with Gasteiger partial charge in [-0.05, 0) is 30.7 Å². The number of hydrogen-bond acceptors (Lipinski definition) is 1. The number of benzene rings is 1. The zero-order valence-corrected chi connectivity index (χ0v) is 10.6. The quantitative estimate of drug-likeness (QED) is 0.646. The van der Waals surface area contributed by atoms with E-state index in [-0.39, 0.29) is 0 Å². The van der Waals surface area contributed by atoms with Crippen LogP contribution in [0, 0.1) is 6.92 Å². The molecule has 0 spiro atoms. The van der Waals surface area contributed by atoms with E-state index in [1.165, 1.54) is 6.07 Å². The summed E-state index contributed by atoms with van der Waals surface area (Å²) < 4.78 is 40.0. The summed E-state index contributed by atoms with van der Waals surface area (Å²) in [5, 5.41) is 0. The lowest BCUT2D eigenvalue weighted by molar-refractivity contribution is -0.137. The summed E-state index contributed by atoms with van der Waals surface area (Å²) in [5.74, 6) is 0. The van der Waals surface area contributed by atoms with Crippen LogP contribution in [0.5, 0.6) is 0 Å². The first-order chi connectivity index (χ1) is 9.43. The Morgan fingerprint density at radius 3 is 2.60 bits per heavy atom. The lowest BCUT2D eigenvalue weighted by Crippen LogP contribution is -2.04. The van der Waals surface area contributed by atoms with E-state index < -0.39 is 11.7 Å². The highest BCUT2D eigenvalue weighted by Gasteiger charge is 2.30. The predicted molar refractivity (Wildman–Crippen MR) is 70.4 cm³/mol. The number of hydrogen-bond donors (Lipinski definition) is 0. The first kappa shape index (κ1) is 12.7. The molecule has 0 saturated heterocycles. The number of pyridine rings is 1. The number of aromatic nitrogens is 2. The lowest BCUT2D eigenvalue weighted by atomic mass is 10.1. The molecule has 0 amide bonds. The minimum Gasteiger partial charge on any atom is -0.306 e. The van der Waals surface area contributed by atoms with Crippen LogP contribution in [0.15, 0.2) is 48.8 Å². The van der Waals surface area contributed by atoms with Crippen molar-refractivity contribution in [1.29, 1.82) is 0 Å². The molecule has 3 aromatic rings. The average molecular weight is 276 g/mol. The van der Waals surface area contributed by atoms with Crippen LogP contribution in [0.2, 0.25) is 0 Å². The van der Waals surface area contributed by atoms with Crippen LogP contribution in [0.1, 0.15) is 11.1 Å². The smallest absolute Gasteiger partial charge is 0.306 e. The number of rotatable bonds is 1. The van der Waals surface area contributed by atoms with Crippen LogP contribution in [0.3, 0.4) is 0 Å². The Morgan fingerprint density at radius 2 is 1.85 bits per heavy atom. The maximum absolute atomic E-state index is 12.7. The van der Waals surface area contributed by atoms with Crippen molar-refractivity contribution in [2.45, 2.75) is 13.1 Å². The maximum atomic E-state index is 12.7. The third kappa shape index (κ3) is 2.27. The standard InChI is InChI=1S/C15H11F3N2/c1-10-5-6-14-19-13(9-20(14)8-10)11-3-2-4-12(7-11)15(16,17)18/h2-9H,1H3. The van der Waals surface area contributed by atoms with Crippen molar-refractivity contribution in [3.8, 4) is 11.3 Å². The van der Waals surface area contributed by atoms with Gasteiger partial charge in [0.15, 0.2) is 0 Å². The predicted octanol–water partition coefficient (Wildman–Crippen LogP) is 4.33. The highest BCUT2D eigenvalue weighted by atomic mass is 19.4. The number of imidazole rings is 1. The molecule has 3 rings (SSSR count). The molecule has 2 heterocycles. The van der Waals surface area contributed by atoms with Crippen LogP contribution >= 0.6 is 0 Å². The molecule has 102 valence electrons. The van der Waals surface area contributed by atoms with Crippen molar-refractivity contribution in [3.05, 3.63) is 59.9 Å². The van der Waals surface area contributed by atoms with Gasteiger partial charge in [0.2, 0.25) is 0 Å². The van der Waals surface area contributed by atoms with Crippen molar-refractivity contribution < 1.29 is 13.2 Å². The molecule has 0 radical (unpaired) electrons. The van der Waals surface area contributed by atoms with E-state index in [1.54, 1.807) is 12.3 Å². The monoisotopic (exact) mass is 276 g/mol. The van der Waals surface area contributed by atoms with Crippen LogP contribution in [-0.2, 0) is 6.18 Å². The van der Waals surface area contributed by atoms with E-state index in [1.807, 2.05) is 29.7 Å². The largest absolute Gasteiger partial charge is 0.416 e. The first-order valence-corrected chi connectivity index (χ1v) is 6.06. The summed E-state index contributed by atoms with van der Waals surface area (Å²) in [6.07, 6.45) is -0.719. The Balaban J connectivity index is 2.11. The fourth-order valence-electron chi connectivity index (χ4n) is 2.10. The number of halogens is 3. The van der Waals surface area contributed by atoms with Crippen molar-refractivity contribution in [2.24, 2.45) is 0 Å². The molecule has 1 aromatic carbocycles. The van der Waals surface area contributed by atoms with Crippen molar-refractivity contribution in [3.63, 3.8) is 0 Å². The van der Waals surface area contributed by atoms with E-state index in [2.05, 4.69) is 4.98 Å². The normalized spacial score (nSPS) is 12.0. The molecule has 0 aliphatic heterocycles. The average Bonchev–Trinajstić information content (AvgIpc) is 2.81. The molecule has 0 N–H and O–H groups in total. The van der Waals surface area contributed by atoms with Crippen molar-refractivity contribution in [1.82, 2.24) is 9.38 Å². The Kier molecular flexibility index (Phi) is 2.78. The highest BCUT2D eigenvalue weighted by molar-refractivity contribution is 5.63. The number of fused-ring (bicyclic) bond motifs is 1. The molecule has 2 nitrogen and oxygen atoms in total. The number of alkyl halides is 3. The maximum Gasteiger partial charge on any atom is 0.416 e. The summed E-state index contributed by atoms with van der Waals surface area (Å²) in [4.78, 5) is 4.34. The van der Waals surface area contributed by atoms with E-state index >= 15 is 0 Å². The van der Waals surface area contributed by atoms with Crippen LogP contribution in [0.25, 0.3) is 16.9 Å². The molecular weight excluding hydrogens is 265 g/mol. The summed E-state index contributed by atoms with van der Waals surface area (Å²) >= 11 is 0. The van der Waals surface area contributed by atoms with Gasteiger partial charge in [0.1, 0.15) is 5.65 Å². The zero-order valence-electron chi connectivity index (χ0n) is 10.6. The van der Waals surface area contributed by atoms with E-state index in [9.17, 15) is 13.2 Å². The Bertz CT molecular complexity index is 772. The van der Waals surface area contributed by atoms with Gasteiger partial charge in [-0.3, -0.25) is 0 Å².